The molecule has 0 bridgehead atoms. The smallest absolute Gasteiger partial charge is 0.0172 e. The Balaban J connectivity index is 1.98. The van der Waals surface area contributed by atoms with Gasteiger partial charge in [0.25, 0.3) is 0 Å². The normalized spacial score (nSPS) is 36.7. The molecule has 0 aromatic rings. The summed E-state index contributed by atoms with van der Waals surface area (Å²) in [4.78, 5) is 0. The minimum atomic E-state index is 1.05. The van der Waals surface area contributed by atoms with Gasteiger partial charge in [-0.25, -0.2) is 0 Å². The number of hydrogen-bond acceptors (Lipinski definition) is 0. The lowest BCUT2D eigenvalue weighted by Gasteiger charge is -2.10. The quantitative estimate of drug-likeness (QED) is 0.511. The molecule has 2 unspecified atom stereocenters. The summed E-state index contributed by atoms with van der Waals surface area (Å²) in [6.45, 7) is 2.28. The SMILES string of the molecule is CCCC1=CCCC2CC12. The highest BCUT2D eigenvalue weighted by Crippen LogP contribution is 2.51. The van der Waals surface area contributed by atoms with Gasteiger partial charge in [0.1, 0.15) is 0 Å². The van der Waals surface area contributed by atoms with Crippen LogP contribution < -0.4 is 0 Å². The molecule has 0 saturated heterocycles. The van der Waals surface area contributed by atoms with Crippen molar-refractivity contribution in [2.75, 3.05) is 0 Å². The molecule has 2 aliphatic rings. The summed E-state index contributed by atoms with van der Waals surface area (Å²) in [5.41, 5.74) is 1.79. The van der Waals surface area contributed by atoms with Crippen LogP contribution in [0.25, 0.3) is 0 Å². The Labute approximate surface area is 63.3 Å². The van der Waals surface area contributed by atoms with E-state index >= 15 is 0 Å². The van der Waals surface area contributed by atoms with Gasteiger partial charge in [-0.3, -0.25) is 0 Å². The maximum Gasteiger partial charge on any atom is -0.0172 e. The molecule has 0 spiro atoms. The molecule has 2 atom stereocenters. The third-order valence-corrected chi connectivity index (χ3v) is 2.88. The Morgan fingerprint density at radius 3 is 3.30 bits per heavy atom. The molecular weight excluding hydrogens is 120 g/mol. The Morgan fingerprint density at radius 2 is 2.50 bits per heavy atom. The highest BCUT2D eigenvalue weighted by atomic mass is 14.4. The first-order valence-corrected chi connectivity index (χ1v) is 4.60. The van der Waals surface area contributed by atoms with Crippen LogP contribution in [0.5, 0.6) is 0 Å². The molecule has 0 heterocycles. The summed E-state index contributed by atoms with van der Waals surface area (Å²) in [6, 6.07) is 0. The van der Waals surface area contributed by atoms with Crippen molar-refractivity contribution in [1.82, 2.24) is 0 Å². The molecule has 0 aromatic heterocycles. The standard InChI is InChI=1S/C10H16/c1-2-4-8-5-3-6-9-7-10(8)9/h5,9-10H,2-4,6-7H2,1H3. The summed E-state index contributed by atoms with van der Waals surface area (Å²) in [7, 11) is 0. The third-order valence-electron chi connectivity index (χ3n) is 2.88. The van der Waals surface area contributed by atoms with Gasteiger partial charge in [-0.2, -0.15) is 0 Å². The molecule has 0 aromatic carbocycles. The molecule has 0 heteroatoms. The van der Waals surface area contributed by atoms with Crippen LogP contribution in [-0.2, 0) is 0 Å². The van der Waals surface area contributed by atoms with Crippen molar-refractivity contribution in [3.05, 3.63) is 11.6 Å². The molecule has 0 aliphatic heterocycles. The fraction of sp³-hybridized carbons (Fsp3) is 0.800. The fourth-order valence-corrected chi connectivity index (χ4v) is 2.23. The summed E-state index contributed by atoms with van der Waals surface area (Å²) in [5, 5.41) is 0. The Bertz CT molecular complexity index is 155. The lowest BCUT2D eigenvalue weighted by molar-refractivity contribution is 0.637. The number of allylic oxidation sites excluding steroid dienone is 2. The van der Waals surface area contributed by atoms with Gasteiger partial charge in [-0.05, 0) is 37.5 Å². The van der Waals surface area contributed by atoms with Gasteiger partial charge in [0.2, 0.25) is 0 Å². The van der Waals surface area contributed by atoms with Crippen LogP contribution in [0.3, 0.4) is 0 Å². The monoisotopic (exact) mass is 136 g/mol. The van der Waals surface area contributed by atoms with E-state index in [2.05, 4.69) is 13.0 Å². The first-order valence-electron chi connectivity index (χ1n) is 4.60. The summed E-state index contributed by atoms with van der Waals surface area (Å²) in [6.07, 6.45) is 9.59. The largest absolute Gasteiger partial charge is 0.0850 e. The fourth-order valence-electron chi connectivity index (χ4n) is 2.23. The maximum absolute atomic E-state index is 2.50. The molecule has 10 heavy (non-hydrogen) atoms. The van der Waals surface area contributed by atoms with Crippen LogP contribution in [0.4, 0.5) is 0 Å². The van der Waals surface area contributed by atoms with Crippen LogP contribution in [0, 0.1) is 11.8 Å². The molecule has 0 radical (unpaired) electrons. The average molecular weight is 136 g/mol. The minimum Gasteiger partial charge on any atom is -0.0850 e. The molecule has 2 rings (SSSR count). The second-order valence-electron chi connectivity index (χ2n) is 3.71. The van der Waals surface area contributed by atoms with Crippen molar-refractivity contribution in [3.63, 3.8) is 0 Å². The van der Waals surface area contributed by atoms with E-state index < -0.39 is 0 Å². The summed E-state index contributed by atoms with van der Waals surface area (Å²) >= 11 is 0. The second kappa shape index (κ2) is 2.41. The van der Waals surface area contributed by atoms with Crippen LogP contribution in [0.15, 0.2) is 11.6 Å². The van der Waals surface area contributed by atoms with Gasteiger partial charge in [0, 0.05) is 0 Å². The van der Waals surface area contributed by atoms with E-state index in [-0.39, 0.29) is 0 Å². The van der Waals surface area contributed by atoms with Gasteiger partial charge in [-0.15, -0.1) is 0 Å². The molecule has 0 N–H and O–H groups in total. The number of rotatable bonds is 2. The molecule has 1 fully saturated rings. The van der Waals surface area contributed by atoms with Crippen molar-refractivity contribution in [2.24, 2.45) is 11.8 Å². The van der Waals surface area contributed by atoms with Crippen LogP contribution in [0.1, 0.15) is 39.0 Å². The van der Waals surface area contributed by atoms with Crippen LogP contribution >= 0.6 is 0 Å². The lowest BCUT2D eigenvalue weighted by Crippen LogP contribution is -1.95. The van der Waals surface area contributed by atoms with E-state index in [0.29, 0.717) is 0 Å². The molecule has 0 nitrogen and oxygen atoms in total. The topological polar surface area (TPSA) is 0 Å². The zero-order valence-corrected chi connectivity index (χ0v) is 6.77. The number of hydrogen-bond donors (Lipinski definition) is 0. The molecule has 56 valence electrons. The summed E-state index contributed by atoms with van der Waals surface area (Å²) in [5.74, 6) is 2.17. The van der Waals surface area contributed by atoms with Crippen molar-refractivity contribution < 1.29 is 0 Å². The molecule has 0 amide bonds. The van der Waals surface area contributed by atoms with E-state index in [1.807, 2.05) is 0 Å². The van der Waals surface area contributed by atoms with Crippen molar-refractivity contribution in [2.45, 2.75) is 39.0 Å². The van der Waals surface area contributed by atoms with E-state index in [4.69, 9.17) is 0 Å². The average Bonchev–Trinajstić information content (AvgIpc) is 2.67. The van der Waals surface area contributed by atoms with Crippen molar-refractivity contribution >= 4 is 0 Å². The third kappa shape index (κ3) is 1.00. The van der Waals surface area contributed by atoms with E-state index in [0.717, 1.165) is 11.8 Å². The first kappa shape index (κ1) is 6.45. The van der Waals surface area contributed by atoms with Crippen molar-refractivity contribution in [3.8, 4) is 0 Å². The molecule has 2 aliphatic carbocycles. The predicted octanol–water partition coefficient (Wildman–Crippen LogP) is 3.14. The zero-order valence-electron chi connectivity index (χ0n) is 6.77. The first-order chi connectivity index (χ1) is 4.92. The van der Waals surface area contributed by atoms with Gasteiger partial charge in [-0.1, -0.05) is 25.0 Å². The minimum absolute atomic E-state index is 1.05. The van der Waals surface area contributed by atoms with Gasteiger partial charge in [0.05, 0.1) is 0 Å². The summed E-state index contributed by atoms with van der Waals surface area (Å²) < 4.78 is 0. The van der Waals surface area contributed by atoms with E-state index in [9.17, 15) is 0 Å². The van der Waals surface area contributed by atoms with Gasteiger partial charge >= 0.3 is 0 Å². The van der Waals surface area contributed by atoms with Crippen LogP contribution in [-0.4, -0.2) is 0 Å². The van der Waals surface area contributed by atoms with Crippen molar-refractivity contribution in [1.29, 1.82) is 0 Å². The highest BCUT2D eigenvalue weighted by molar-refractivity contribution is 5.19. The van der Waals surface area contributed by atoms with Gasteiger partial charge < -0.3 is 0 Å². The predicted molar refractivity (Wildman–Crippen MR) is 43.8 cm³/mol. The zero-order chi connectivity index (χ0) is 6.97. The number of fused-ring (bicyclic) bond motifs is 1. The van der Waals surface area contributed by atoms with E-state index in [1.165, 1.54) is 32.1 Å². The Kier molecular flexibility index (Phi) is 1.55. The maximum atomic E-state index is 2.50. The second-order valence-corrected chi connectivity index (χ2v) is 3.71. The lowest BCUT2D eigenvalue weighted by atomic mass is 9.96. The highest BCUT2D eigenvalue weighted by Gasteiger charge is 2.40. The van der Waals surface area contributed by atoms with Gasteiger partial charge in [0.15, 0.2) is 0 Å². The van der Waals surface area contributed by atoms with E-state index in [1.54, 1.807) is 5.57 Å². The Morgan fingerprint density at radius 1 is 1.60 bits per heavy atom. The Hall–Kier alpha value is -0.260. The molecule has 1 saturated carbocycles. The van der Waals surface area contributed by atoms with Crippen LogP contribution in [0.2, 0.25) is 0 Å². The molecular formula is C10H16.